The van der Waals surface area contributed by atoms with Crippen LogP contribution in [0.5, 0.6) is 0 Å². The summed E-state index contributed by atoms with van der Waals surface area (Å²) in [6.07, 6.45) is 6.44. The first kappa shape index (κ1) is 15.0. The second-order valence-electron chi connectivity index (χ2n) is 5.91. The number of hydrogen-bond acceptors (Lipinski definition) is 2. The van der Waals surface area contributed by atoms with Crippen molar-refractivity contribution in [1.82, 2.24) is 5.32 Å². The average molecular weight is 275 g/mol. The van der Waals surface area contributed by atoms with Crippen molar-refractivity contribution in [2.45, 2.75) is 45.4 Å². The molecule has 3 nitrogen and oxygen atoms in total. The number of hydrogen-bond donors (Lipinski definition) is 2. The van der Waals surface area contributed by atoms with Crippen molar-refractivity contribution in [3.05, 3.63) is 35.4 Å². The molecule has 2 N–H and O–H groups in total. The summed E-state index contributed by atoms with van der Waals surface area (Å²) in [6.45, 7) is 2.81. The number of amides is 1. The van der Waals surface area contributed by atoms with Gasteiger partial charge in [0.1, 0.15) is 0 Å². The van der Waals surface area contributed by atoms with Gasteiger partial charge in [0.15, 0.2) is 0 Å². The van der Waals surface area contributed by atoms with Crippen molar-refractivity contribution >= 4 is 5.91 Å². The van der Waals surface area contributed by atoms with E-state index in [2.05, 4.69) is 12.2 Å². The lowest BCUT2D eigenvalue weighted by molar-refractivity contribution is 0.0717. The Labute approximate surface area is 121 Å². The standard InChI is InChI=1S/C17H25NO2/c1-2-14-8-4-5-9-15(14)16(20)18-12-17(13-19)10-6-3-7-11-17/h4-5,8-9,19H,2-3,6-7,10-13H2,1H3,(H,18,20). The molecule has 0 atom stereocenters. The molecule has 0 bridgehead atoms. The number of rotatable bonds is 5. The zero-order valence-corrected chi connectivity index (χ0v) is 12.3. The maximum atomic E-state index is 12.3. The summed E-state index contributed by atoms with van der Waals surface area (Å²) in [7, 11) is 0. The number of aliphatic hydroxyl groups is 1. The Balaban J connectivity index is 2.00. The molecule has 1 aliphatic carbocycles. The van der Waals surface area contributed by atoms with Crippen molar-refractivity contribution in [3.63, 3.8) is 0 Å². The van der Waals surface area contributed by atoms with Crippen LogP contribution in [0, 0.1) is 5.41 Å². The van der Waals surface area contributed by atoms with Crippen LogP contribution in [0.1, 0.15) is 54.9 Å². The molecule has 0 radical (unpaired) electrons. The van der Waals surface area contributed by atoms with Gasteiger partial charge in [-0.05, 0) is 30.9 Å². The molecular formula is C17H25NO2. The molecule has 20 heavy (non-hydrogen) atoms. The fourth-order valence-corrected chi connectivity index (χ4v) is 3.11. The van der Waals surface area contributed by atoms with Crippen LogP contribution in [0.2, 0.25) is 0 Å². The molecule has 1 fully saturated rings. The van der Waals surface area contributed by atoms with Gasteiger partial charge in [-0.25, -0.2) is 0 Å². The molecule has 1 aliphatic rings. The molecular weight excluding hydrogens is 250 g/mol. The van der Waals surface area contributed by atoms with Crippen LogP contribution >= 0.6 is 0 Å². The predicted octanol–water partition coefficient (Wildman–Crippen LogP) is 2.92. The largest absolute Gasteiger partial charge is 0.396 e. The van der Waals surface area contributed by atoms with E-state index in [1.54, 1.807) is 0 Å². The van der Waals surface area contributed by atoms with Gasteiger partial charge in [-0.2, -0.15) is 0 Å². The summed E-state index contributed by atoms with van der Waals surface area (Å²) in [4.78, 5) is 12.3. The zero-order valence-electron chi connectivity index (χ0n) is 12.3. The summed E-state index contributed by atoms with van der Waals surface area (Å²) in [5, 5.41) is 12.7. The van der Waals surface area contributed by atoms with Crippen molar-refractivity contribution < 1.29 is 9.90 Å². The first-order valence-corrected chi connectivity index (χ1v) is 7.68. The topological polar surface area (TPSA) is 49.3 Å². The fraction of sp³-hybridized carbons (Fsp3) is 0.588. The molecule has 0 heterocycles. The summed E-state index contributed by atoms with van der Waals surface area (Å²) < 4.78 is 0. The van der Waals surface area contributed by atoms with E-state index in [9.17, 15) is 9.90 Å². The Morgan fingerprint density at radius 3 is 2.60 bits per heavy atom. The van der Waals surface area contributed by atoms with Gasteiger partial charge in [0.05, 0.1) is 6.61 Å². The van der Waals surface area contributed by atoms with Crippen LogP contribution in [-0.4, -0.2) is 24.2 Å². The van der Waals surface area contributed by atoms with E-state index in [1.165, 1.54) is 6.42 Å². The van der Waals surface area contributed by atoms with Gasteiger partial charge < -0.3 is 10.4 Å². The van der Waals surface area contributed by atoms with E-state index in [1.807, 2.05) is 24.3 Å². The maximum Gasteiger partial charge on any atom is 0.251 e. The van der Waals surface area contributed by atoms with Gasteiger partial charge in [-0.15, -0.1) is 0 Å². The molecule has 3 heteroatoms. The fourth-order valence-electron chi connectivity index (χ4n) is 3.11. The molecule has 2 rings (SSSR count). The number of carbonyl (C=O) groups is 1. The Bertz CT molecular complexity index is 450. The number of aryl methyl sites for hydroxylation is 1. The lowest BCUT2D eigenvalue weighted by Crippen LogP contribution is -2.41. The van der Waals surface area contributed by atoms with Crippen LogP contribution in [0.25, 0.3) is 0 Å². The highest BCUT2D eigenvalue weighted by Gasteiger charge is 2.31. The predicted molar refractivity (Wildman–Crippen MR) is 80.8 cm³/mol. The van der Waals surface area contributed by atoms with Crippen LogP contribution < -0.4 is 5.32 Å². The van der Waals surface area contributed by atoms with E-state index in [4.69, 9.17) is 0 Å². The highest BCUT2D eigenvalue weighted by molar-refractivity contribution is 5.95. The first-order chi connectivity index (χ1) is 9.71. The van der Waals surface area contributed by atoms with Gasteiger partial charge in [0.2, 0.25) is 0 Å². The Kier molecular flexibility index (Phi) is 5.18. The number of nitrogens with one attached hydrogen (secondary N) is 1. The molecule has 0 unspecified atom stereocenters. The van der Waals surface area contributed by atoms with E-state index < -0.39 is 0 Å². The second-order valence-corrected chi connectivity index (χ2v) is 5.91. The summed E-state index contributed by atoms with van der Waals surface area (Å²) >= 11 is 0. The van der Waals surface area contributed by atoms with Crippen molar-refractivity contribution in [2.75, 3.05) is 13.2 Å². The molecule has 1 saturated carbocycles. The lowest BCUT2D eigenvalue weighted by atomic mass is 9.74. The molecule has 110 valence electrons. The number of carbonyl (C=O) groups excluding carboxylic acids is 1. The third kappa shape index (κ3) is 3.40. The van der Waals surface area contributed by atoms with Gasteiger partial charge in [0, 0.05) is 17.5 Å². The quantitative estimate of drug-likeness (QED) is 0.868. The highest BCUT2D eigenvalue weighted by Crippen LogP contribution is 2.35. The van der Waals surface area contributed by atoms with Crippen LogP contribution in [-0.2, 0) is 6.42 Å². The molecule has 1 aromatic rings. The lowest BCUT2D eigenvalue weighted by Gasteiger charge is -2.35. The molecule has 0 saturated heterocycles. The minimum Gasteiger partial charge on any atom is -0.396 e. The molecule has 0 spiro atoms. The smallest absolute Gasteiger partial charge is 0.251 e. The van der Waals surface area contributed by atoms with Crippen LogP contribution in [0.4, 0.5) is 0 Å². The van der Waals surface area contributed by atoms with Gasteiger partial charge in [-0.3, -0.25) is 4.79 Å². The Morgan fingerprint density at radius 1 is 1.25 bits per heavy atom. The van der Waals surface area contributed by atoms with Gasteiger partial charge in [-0.1, -0.05) is 44.4 Å². The summed E-state index contributed by atoms with van der Waals surface area (Å²) in [5.41, 5.74) is 1.74. The third-order valence-corrected chi connectivity index (χ3v) is 4.52. The second kappa shape index (κ2) is 6.89. The van der Waals surface area contributed by atoms with E-state index in [0.717, 1.165) is 43.2 Å². The average Bonchev–Trinajstić information content (AvgIpc) is 2.53. The van der Waals surface area contributed by atoms with E-state index in [-0.39, 0.29) is 17.9 Å². The third-order valence-electron chi connectivity index (χ3n) is 4.52. The monoisotopic (exact) mass is 275 g/mol. The van der Waals surface area contributed by atoms with Gasteiger partial charge >= 0.3 is 0 Å². The number of benzene rings is 1. The minimum absolute atomic E-state index is 0.0131. The Hall–Kier alpha value is -1.35. The molecule has 0 aliphatic heterocycles. The zero-order chi connectivity index (χ0) is 14.4. The van der Waals surface area contributed by atoms with Crippen LogP contribution in [0.15, 0.2) is 24.3 Å². The van der Waals surface area contributed by atoms with Gasteiger partial charge in [0.25, 0.3) is 5.91 Å². The minimum atomic E-state index is -0.102. The van der Waals surface area contributed by atoms with Crippen LogP contribution in [0.3, 0.4) is 0 Å². The summed E-state index contributed by atoms with van der Waals surface area (Å²) in [5.74, 6) is -0.0131. The summed E-state index contributed by atoms with van der Waals surface area (Å²) in [6, 6.07) is 7.74. The maximum absolute atomic E-state index is 12.3. The normalized spacial score (nSPS) is 17.7. The number of aliphatic hydroxyl groups excluding tert-OH is 1. The van der Waals surface area contributed by atoms with Crippen molar-refractivity contribution in [3.8, 4) is 0 Å². The highest BCUT2D eigenvalue weighted by atomic mass is 16.3. The molecule has 0 aromatic heterocycles. The molecule has 1 amide bonds. The van der Waals surface area contributed by atoms with E-state index in [0.29, 0.717) is 6.54 Å². The SMILES string of the molecule is CCc1ccccc1C(=O)NCC1(CO)CCCCC1. The van der Waals surface area contributed by atoms with Crippen molar-refractivity contribution in [2.24, 2.45) is 5.41 Å². The van der Waals surface area contributed by atoms with Crippen molar-refractivity contribution in [1.29, 1.82) is 0 Å². The first-order valence-electron chi connectivity index (χ1n) is 7.68. The Morgan fingerprint density at radius 2 is 1.95 bits per heavy atom. The van der Waals surface area contributed by atoms with E-state index >= 15 is 0 Å². The molecule has 1 aromatic carbocycles.